The van der Waals surface area contributed by atoms with E-state index in [1.54, 1.807) is 0 Å². The fraction of sp³-hybridized carbons (Fsp3) is 0.364. The Morgan fingerprint density at radius 2 is 2.24 bits per heavy atom. The number of hydrogen-bond donors (Lipinski definition) is 2. The molecule has 3 N–H and O–H groups in total. The van der Waals surface area contributed by atoms with Gasteiger partial charge in [0.05, 0.1) is 0 Å². The summed E-state index contributed by atoms with van der Waals surface area (Å²) in [5, 5.41) is 2.50. The summed E-state index contributed by atoms with van der Waals surface area (Å²) in [6.45, 7) is 2.09. The second-order valence-corrected chi connectivity index (χ2v) is 3.41. The summed E-state index contributed by atoms with van der Waals surface area (Å²) in [6.07, 6.45) is -0.874. The van der Waals surface area contributed by atoms with E-state index >= 15 is 0 Å². The molecule has 0 saturated heterocycles. The van der Waals surface area contributed by atoms with Crippen LogP contribution in [-0.4, -0.2) is 25.1 Å². The molecule has 6 heteroatoms. The molecular formula is C11H14F2N2O2. The lowest BCUT2D eigenvalue weighted by Crippen LogP contribution is -2.38. The second kappa shape index (κ2) is 6.15. The Labute approximate surface area is 97.8 Å². The molecule has 0 radical (unpaired) electrons. The maximum Gasteiger partial charge on any atom is 0.260 e. The van der Waals surface area contributed by atoms with Gasteiger partial charge in [-0.15, -0.1) is 0 Å². The Kier molecular flexibility index (Phi) is 4.84. The molecule has 1 amide bonds. The quantitative estimate of drug-likeness (QED) is 0.805. The minimum Gasteiger partial charge on any atom is -0.478 e. The first kappa shape index (κ1) is 13.4. The maximum atomic E-state index is 13.2. The molecule has 0 aliphatic carbocycles. The van der Waals surface area contributed by atoms with Crippen molar-refractivity contribution in [2.24, 2.45) is 5.73 Å². The van der Waals surface area contributed by atoms with Crippen LogP contribution in [0.1, 0.15) is 6.92 Å². The standard InChI is InChI=1S/C11H14F2N2O2/c1-7(11(16)15-5-4-14)17-10-3-2-8(12)6-9(10)13/h2-3,6-7H,4-5,14H2,1H3,(H,15,16). The van der Waals surface area contributed by atoms with Crippen molar-refractivity contribution in [2.45, 2.75) is 13.0 Å². The van der Waals surface area contributed by atoms with Gasteiger partial charge < -0.3 is 15.8 Å². The predicted octanol–water partition coefficient (Wildman–Crippen LogP) is 0.807. The van der Waals surface area contributed by atoms with Gasteiger partial charge in [0.1, 0.15) is 5.82 Å². The molecule has 0 heterocycles. The Bertz CT molecular complexity index is 399. The van der Waals surface area contributed by atoms with E-state index < -0.39 is 23.6 Å². The number of amides is 1. The highest BCUT2D eigenvalue weighted by Crippen LogP contribution is 2.18. The zero-order valence-corrected chi connectivity index (χ0v) is 9.37. The van der Waals surface area contributed by atoms with Crippen LogP contribution in [0.5, 0.6) is 5.75 Å². The molecule has 4 nitrogen and oxygen atoms in total. The molecule has 0 aliphatic rings. The highest BCUT2D eigenvalue weighted by atomic mass is 19.1. The fourth-order valence-corrected chi connectivity index (χ4v) is 1.15. The number of nitrogens with one attached hydrogen (secondary N) is 1. The van der Waals surface area contributed by atoms with Gasteiger partial charge in [0.15, 0.2) is 17.7 Å². The first-order valence-corrected chi connectivity index (χ1v) is 5.14. The summed E-state index contributed by atoms with van der Waals surface area (Å²) in [5.74, 6) is -2.11. The Balaban J connectivity index is 2.61. The zero-order chi connectivity index (χ0) is 12.8. The van der Waals surface area contributed by atoms with Crippen LogP contribution < -0.4 is 15.8 Å². The SMILES string of the molecule is CC(Oc1ccc(F)cc1F)C(=O)NCCN. The molecule has 1 aromatic rings. The second-order valence-electron chi connectivity index (χ2n) is 3.41. The molecule has 0 spiro atoms. The first-order valence-electron chi connectivity index (χ1n) is 5.14. The van der Waals surface area contributed by atoms with Gasteiger partial charge >= 0.3 is 0 Å². The van der Waals surface area contributed by atoms with Crippen LogP contribution in [0.3, 0.4) is 0 Å². The van der Waals surface area contributed by atoms with Gasteiger partial charge in [0.2, 0.25) is 0 Å². The third-order valence-corrected chi connectivity index (χ3v) is 2.01. The number of hydrogen-bond acceptors (Lipinski definition) is 3. The number of rotatable bonds is 5. The summed E-state index contributed by atoms with van der Waals surface area (Å²) in [5.41, 5.74) is 5.21. The van der Waals surface area contributed by atoms with Gasteiger partial charge in [-0.3, -0.25) is 4.79 Å². The van der Waals surface area contributed by atoms with Gasteiger partial charge in [-0.05, 0) is 19.1 Å². The van der Waals surface area contributed by atoms with Crippen LogP contribution in [0, 0.1) is 11.6 Å². The van der Waals surface area contributed by atoms with Gasteiger partial charge in [-0.25, -0.2) is 8.78 Å². The third-order valence-electron chi connectivity index (χ3n) is 2.01. The molecule has 1 unspecified atom stereocenters. The highest BCUT2D eigenvalue weighted by Gasteiger charge is 2.16. The van der Waals surface area contributed by atoms with E-state index in [0.29, 0.717) is 19.2 Å². The number of halogens is 2. The lowest BCUT2D eigenvalue weighted by molar-refractivity contribution is -0.127. The first-order chi connectivity index (χ1) is 8.04. The normalized spacial score (nSPS) is 12.0. The predicted molar refractivity (Wildman–Crippen MR) is 58.5 cm³/mol. The Morgan fingerprint density at radius 3 is 2.82 bits per heavy atom. The molecule has 0 fully saturated rings. The van der Waals surface area contributed by atoms with Gasteiger partial charge in [0, 0.05) is 19.2 Å². The summed E-state index contributed by atoms with van der Waals surface area (Å²) in [6, 6.07) is 2.89. The lowest BCUT2D eigenvalue weighted by Gasteiger charge is -2.14. The van der Waals surface area contributed by atoms with Crippen molar-refractivity contribution >= 4 is 5.91 Å². The van der Waals surface area contributed by atoms with Crippen LogP contribution >= 0.6 is 0 Å². The number of benzene rings is 1. The number of ether oxygens (including phenoxy) is 1. The average Bonchev–Trinajstić information content (AvgIpc) is 2.29. The molecule has 0 saturated carbocycles. The minimum absolute atomic E-state index is 0.165. The van der Waals surface area contributed by atoms with E-state index in [-0.39, 0.29) is 5.75 Å². The molecular weight excluding hydrogens is 230 g/mol. The Hall–Kier alpha value is -1.69. The molecule has 17 heavy (non-hydrogen) atoms. The summed E-state index contributed by atoms with van der Waals surface area (Å²) in [4.78, 5) is 11.4. The number of carbonyl (C=O) groups excluding carboxylic acids is 1. The van der Waals surface area contributed by atoms with Crippen molar-refractivity contribution in [2.75, 3.05) is 13.1 Å². The van der Waals surface area contributed by atoms with Crippen molar-refractivity contribution in [1.82, 2.24) is 5.32 Å². The van der Waals surface area contributed by atoms with Gasteiger partial charge in [-0.2, -0.15) is 0 Å². The van der Waals surface area contributed by atoms with Crippen molar-refractivity contribution < 1.29 is 18.3 Å². The van der Waals surface area contributed by atoms with E-state index in [0.717, 1.165) is 12.1 Å². The topological polar surface area (TPSA) is 64.3 Å². The fourth-order valence-electron chi connectivity index (χ4n) is 1.15. The maximum absolute atomic E-state index is 13.2. The van der Waals surface area contributed by atoms with Crippen molar-refractivity contribution in [3.8, 4) is 5.75 Å². The molecule has 94 valence electrons. The minimum atomic E-state index is -0.874. The Morgan fingerprint density at radius 1 is 1.53 bits per heavy atom. The van der Waals surface area contributed by atoms with Crippen molar-refractivity contribution in [3.63, 3.8) is 0 Å². The smallest absolute Gasteiger partial charge is 0.260 e. The van der Waals surface area contributed by atoms with Crippen LogP contribution in [0.15, 0.2) is 18.2 Å². The van der Waals surface area contributed by atoms with Crippen LogP contribution in [-0.2, 0) is 4.79 Å². The average molecular weight is 244 g/mol. The molecule has 0 aliphatic heterocycles. The van der Waals surface area contributed by atoms with Crippen molar-refractivity contribution in [1.29, 1.82) is 0 Å². The number of nitrogens with two attached hydrogens (primary N) is 1. The molecule has 1 aromatic carbocycles. The summed E-state index contributed by atoms with van der Waals surface area (Å²) >= 11 is 0. The zero-order valence-electron chi connectivity index (χ0n) is 9.37. The summed E-state index contributed by atoms with van der Waals surface area (Å²) < 4.78 is 30.9. The van der Waals surface area contributed by atoms with E-state index in [1.165, 1.54) is 6.92 Å². The van der Waals surface area contributed by atoms with Gasteiger partial charge in [0.25, 0.3) is 5.91 Å². The van der Waals surface area contributed by atoms with Crippen molar-refractivity contribution in [3.05, 3.63) is 29.8 Å². The largest absolute Gasteiger partial charge is 0.478 e. The molecule has 0 bridgehead atoms. The molecule has 1 rings (SSSR count). The molecule has 1 atom stereocenters. The highest BCUT2D eigenvalue weighted by molar-refractivity contribution is 5.80. The number of carbonyl (C=O) groups is 1. The van der Waals surface area contributed by atoms with Crippen LogP contribution in [0.25, 0.3) is 0 Å². The van der Waals surface area contributed by atoms with Crippen LogP contribution in [0.4, 0.5) is 8.78 Å². The van der Waals surface area contributed by atoms with E-state index in [9.17, 15) is 13.6 Å². The van der Waals surface area contributed by atoms with Crippen LogP contribution in [0.2, 0.25) is 0 Å². The van der Waals surface area contributed by atoms with Gasteiger partial charge in [-0.1, -0.05) is 0 Å². The third kappa shape index (κ3) is 3.99. The summed E-state index contributed by atoms with van der Waals surface area (Å²) in [7, 11) is 0. The monoisotopic (exact) mass is 244 g/mol. The van der Waals surface area contributed by atoms with E-state index in [4.69, 9.17) is 10.5 Å². The van der Waals surface area contributed by atoms with E-state index in [1.807, 2.05) is 0 Å². The van der Waals surface area contributed by atoms with E-state index in [2.05, 4.69) is 5.32 Å². The lowest BCUT2D eigenvalue weighted by atomic mass is 10.3. The molecule has 0 aromatic heterocycles.